The first-order valence-electron chi connectivity index (χ1n) is 6.40. The summed E-state index contributed by atoms with van der Waals surface area (Å²) in [5, 5.41) is 10.0. The van der Waals surface area contributed by atoms with E-state index in [1.54, 1.807) is 11.3 Å². The van der Waals surface area contributed by atoms with Crippen molar-refractivity contribution in [1.29, 1.82) is 0 Å². The van der Waals surface area contributed by atoms with Gasteiger partial charge in [-0.25, -0.2) is 4.98 Å². The number of aromatic nitrogens is 1. The molecule has 0 aromatic carbocycles. The minimum atomic E-state index is -0.449. The van der Waals surface area contributed by atoms with Gasteiger partial charge in [0.2, 0.25) is 0 Å². The van der Waals surface area contributed by atoms with Crippen LogP contribution in [0.2, 0.25) is 0 Å². The monoisotopic (exact) mass is 254 g/mol. The van der Waals surface area contributed by atoms with Gasteiger partial charge in [-0.05, 0) is 46.1 Å². The number of likely N-dealkylation sites (tertiary alicyclic amines) is 1. The molecule has 1 aromatic heterocycles. The summed E-state index contributed by atoms with van der Waals surface area (Å²) in [6, 6.07) is 0. The molecular weight excluding hydrogens is 232 g/mol. The van der Waals surface area contributed by atoms with Gasteiger partial charge in [-0.2, -0.15) is 0 Å². The Morgan fingerprint density at radius 3 is 3.00 bits per heavy atom. The topological polar surface area (TPSA) is 36.4 Å². The molecule has 0 amide bonds. The molecule has 0 spiro atoms. The second kappa shape index (κ2) is 5.46. The molecule has 1 aliphatic rings. The molecule has 0 saturated carbocycles. The van der Waals surface area contributed by atoms with Crippen LogP contribution in [0.5, 0.6) is 0 Å². The Hall–Kier alpha value is -0.450. The van der Waals surface area contributed by atoms with Crippen LogP contribution >= 0.6 is 11.3 Å². The lowest BCUT2D eigenvalue weighted by molar-refractivity contribution is 0.0447. The number of aryl methyl sites for hydroxylation is 1. The smallest absolute Gasteiger partial charge is 0.0797 e. The third-order valence-corrected chi connectivity index (χ3v) is 4.65. The predicted octanol–water partition coefficient (Wildman–Crippen LogP) is 2.23. The van der Waals surface area contributed by atoms with E-state index < -0.39 is 5.60 Å². The molecule has 1 atom stereocenters. The second-order valence-electron chi connectivity index (χ2n) is 5.30. The first kappa shape index (κ1) is 13.0. The largest absolute Gasteiger partial charge is 0.390 e. The number of rotatable bonds is 3. The average Bonchev–Trinajstić information content (AvgIpc) is 2.58. The maximum absolute atomic E-state index is 10.0. The third-order valence-electron chi connectivity index (χ3n) is 3.66. The van der Waals surface area contributed by atoms with Crippen molar-refractivity contribution in [3.63, 3.8) is 0 Å². The molecule has 3 nitrogen and oxygen atoms in total. The molecule has 0 radical (unpaired) electrons. The van der Waals surface area contributed by atoms with Crippen LogP contribution in [0, 0.1) is 6.92 Å². The summed E-state index contributed by atoms with van der Waals surface area (Å²) in [7, 11) is 0. The van der Waals surface area contributed by atoms with Crippen LogP contribution in [0.1, 0.15) is 36.8 Å². The standard InChI is InChI=1S/C13H22N2OS/c1-11-12(17-10-14-11)4-8-15-7-3-5-13(2,16)6-9-15/h10,16H,3-9H2,1-2H3. The van der Waals surface area contributed by atoms with E-state index in [9.17, 15) is 5.11 Å². The highest BCUT2D eigenvalue weighted by Crippen LogP contribution is 2.22. The van der Waals surface area contributed by atoms with Crippen molar-refractivity contribution in [1.82, 2.24) is 9.88 Å². The highest BCUT2D eigenvalue weighted by atomic mass is 32.1. The van der Waals surface area contributed by atoms with Crippen LogP contribution in [0.4, 0.5) is 0 Å². The van der Waals surface area contributed by atoms with Gasteiger partial charge in [0.1, 0.15) is 0 Å². The first-order valence-corrected chi connectivity index (χ1v) is 7.28. The average molecular weight is 254 g/mol. The minimum Gasteiger partial charge on any atom is -0.390 e. The van der Waals surface area contributed by atoms with Crippen LogP contribution in [0.15, 0.2) is 5.51 Å². The van der Waals surface area contributed by atoms with Gasteiger partial charge in [0.25, 0.3) is 0 Å². The molecule has 2 rings (SSSR count). The van der Waals surface area contributed by atoms with Gasteiger partial charge in [-0.15, -0.1) is 11.3 Å². The van der Waals surface area contributed by atoms with Crippen molar-refractivity contribution in [3.05, 3.63) is 16.1 Å². The summed E-state index contributed by atoms with van der Waals surface area (Å²) >= 11 is 1.76. The normalized spacial score (nSPS) is 27.0. The molecule has 17 heavy (non-hydrogen) atoms. The quantitative estimate of drug-likeness (QED) is 0.898. The van der Waals surface area contributed by atoms with E-state index in [1.165, 1.54) is 10.6 Å². The summed E-state index contributed by atoms with van der Waals surface area (Å²) in [4.78, 5) is 8.16. The van der Waals surface area contributed by atoms with Crippen LogP contribution < -0.4 is 0 Å². The zero-order chi connectivity index (χ0) is 12.3. The number of hydrogen-bond acceptors (Lipinski definition) is 4. The maximum Gasteiger partial charge on any atom is 0.0797 e. The van der Waals surface area contributed by atoms with Crippen molar-refractivity contribution in [2.75, 3.05) is 19.6 Å². The molecule has 0 bridgehead atoms. The van der Waals surface area contributed by atoms with E-state index in [0.29, 0.717) is 0 Å². The van der Waals surface area contributed by atoms with E-state index in [4.69, 9.17) is 0 Å². The van der Waals surface area contributed by atoms with E-state index in [-0.39, 0.29) is 0 Å². The molecule has 4 heteroatoms. The number of thiazole rings is 1. The zero-order valence-electron chi connectivity index (χ0n) is 10.8. The van der Waals surface area contributed by atoms with E-state index in [1.807, 2.05) is 12.4 Å². The molecule has 1 unspecified atom stereocenters. The van der Waals surface area contributed by atoms with E-state index in [2.05, 4.69) is 16.8 Å². The van der Waals surface area contributed by atoms with Crippen molar-refractivity contribution in [2.24, 2.45) is 0 Å². The Kier molecular flexibility index (Phi) is 4.17. The number of nitrogens with zero attached hydrogens (tertiary/aromatic N) is 2. The molecule has 0 aliphatic carbocycles. The number of hydrogen-bond donors (Lipinski definition) is 1. The highest BCUT2D eigenvalue weighted by molar-refractivity contribution is 7.09. The van der Waals surface area contributed by atoms with Gasteiger partial charge in [0.05, 0.1) is 16.8 Å². The van der Waals surface area contributed by atoms with Crippen LogP contribution in [0.25, 0.3) is 0 Å². The molecule has 2 heterocycles. The van der Waals surface area contributed by atoms with Crippen molar-refractivity contribution in [3.8, 4) is 0 Å². The fourth-order valence-corrected chi connectivity index (χ4v) is 3.14. The third kappa shape index (κ3) is 3.76. The summed E-state index contributed by atoms with van der Waals surface area (Å²) in [5.41, 5.74) is 2.66. The van der Waals surface area contributed by atoms with Gasteiger partial charge in [-0.1, -0.05) is 0 Å². The van der Waals surface area contributed by atoms with Crippen LogP contribution in [-0.4, -0.2) is 40.2 Å². The Bertz CT molecular complexity index is 362. The first-order chi connectivity index (χ1) is 8.07. The zero-order valence-corrected chi connectivity index (χ0v) is 11.6. The minimum absolute atomic E-state index is 0.449. The van der Waals surface area contributed by atoms with Gasteiger partial charge in [0.15, 0.2) is 0 Å². The molecule has 1 N–H and O–H groups in total. The van der Waals surface area contributed by atoms with Crippen LogP contribution in [-0.2, 0) is 6.42 Å². The van der Waals surface area contributed by atoms with Crippen molar-refractivity contribution >= 4 is 11.3 Å². The molecule has 1 aliphatic heterocycles. The van der Waals surface area contributed by atoms with E-state index in [0.717, 1.165) is 45.3 Å². The molecule has 1 fully saturated rings. The fraction of sp³-hybridized carbons (Fsp3) is 0.769. The summed E-state index contributed by atoms with van der Waals surface area (Å²) in [5.74, 6) is 0. The highest BCUT2D eigenvalue weighted by Gasteiger charge is 2.24. The van der Waals surface area contributed by atoms with Crippen LogP contribution in [0.3, 0.4) is 0 Å². The fourth-order valence-electron chi connectivity index (χ4n) is 2.37. The molecule has 1 aromatic rings. The molecule has 1 saturated heterocycles. The predicted molar refractivity (Wildman–Crippen MR) is 71.5 cm³/mol. The van der Waals surface area contributed by atoms with E-state index >= 15 is 0 Å². The molecule has 96 valence electrons. The maximum atomic E-state index is 10.0. The number of aliphatic hydroxyl groups is 1. The lowest BCUT2D eigenvalue weighted by atomic mass is 9.98. The van der Waals surface area contributed by atoms with Gasteiger partial charge in [0, 0.05) is 18.0 Å². The Morgan fingerprint density at radius 1 is 1.47 bits per heavy atom. The Balaban J connectivity index is 1.82. The molecular formula is C13H22N2OS. The van der Waals surface area contributed by atoms with Gasteiger partial charge in [-0.3, -0.25) is 0 Å². The van der Waals surface area contributed by atoms with Gasteiger partial charge >= 0.3 is 0 Å². The summed E-state index contributed by atoms with van der Waals surface area (Å²) in [6.07, 6.45) is 4.03. The summed E-state index contributed by atoms with van der Waals surface area (Å²) < 4.78 is 0. The lowest BCUT2D eigenvalue weighted by Crippen LogP contribution is -2.29. The second-order valence-corrected chi connectivity index (χ2v) is 6.24. The van der Waals surface area contributed by atoms with Crippen molar-refractivity contribution in [2.45, 2.75) is 45.1 Å². The lowest BCUT2D eigenvalue weighted by Gasteiger charge is -2.22. The Morgan fingerprint density at radius 2 is 2.29 bits per heavy atom. The Labute approximate surface area is 107 Å². The van der Waals surface area contributed by atoms with Crippen molar-refractivity contribution < 1.29 is 5.11 Å². The SMILES string of the molecule is Cc1ncsc1CCN1CCCC(C)(O)CC1. The van der Waals surface area contributed by atoms with Gasteiger partial charge < -0.3 is 10.0 Å². The summed E-state index contributed by atoms with van der Waals surface area (Å²) in [6.45, 7) is 7.28.